The van der Waals surface area contributed by atoms with Crippen molar-refractivity contribution in [3.8, 4) is 0 Å². The molecule has 3 rings (SSSR count). The van der Waals surface area contributed by atoms with Gasteiger partial charge in [-0.1, -0.05) is 13.0 Å². The van der Waals surface area contributed by atoms with Gasteiger partial charge in [0.25, 0.3) is 0 Å². The van der Waals surface area contributed by atoms with Crippen LogP contribution in [0.2, 0.25) is 0 Å². The molecule has 1 fully saturated rings. The van der Waals surface area contributed by atoms with Crippen LogP contribution in [0.5, 0.6) is 0 Å². The number of anilines is 2. The van der Waals surface area contributed by atoms with E-state index in [0.29, 0.717) is 12.1 Å². The first kappa shape index (κ1) is 11.3. The van der Waals surface area contributed by atoms with Gasteiger partial charge in [0.15, 0.2) is 0 Å². The molecule has 1 aromatic rings. The lowest BCUT2D eigenvalue weighted by Crippen LogP contribution is -2.30. The molecule has 0 radical (unpaired) electrons. The van der Waals surface area contributed by atoms with Gasteiger partial charge in [-0.25, -0.2) is 0 Å². The second-order valence-electron chi connectivity index (χ2n) is 5.04. The number of fused-ring (bicyclic) bond motifs is 1. The van der Waals surface area contributed by atoms with Gasteiger partial charge in [0.05, 0.1) is 5.69 Å². The number of nitrogens with one attached hydrogen (secondary N) is 1. The van der Waals surface area contributed by atoms with Gasteiger partial charge in [0.1, 0.15) is 0 Å². The van der Waals surface area contributed by atoms with Crippen LogP contribution in [0.3, 0.4) is 0 Å². The zero-order chi connectivity index (χ0) is 12.7. The van der Waals surface area contributed by atoms with E-state index in [1.54, 1.807) is 6.92 Å². The summed E-state index contributed by atoms with van der Waals surface area (Å²) in [5.41, 5.74) is 3.01. The van der Waals surface area contributed by atoms with Crippen LogP contribution in [0.25, 0.3) is 0 Å². The van der Waals surface area contributed by atoms with Crippen molar-refractivity contribution in [1.29, 1.82) is 0 Å². The van der Waals surface area contributed by atoms with E-state index in [1.165, 1.54) is 10.5 Å². The standard InChI is InChI=1S/C14H16N2O2/c1-9-7-13(17)16(14(9)18)11-5-4-10-3-2-6-15-12(10)8-11/h4-5,8-9,15H,2-3,6-7H2,1H3. The Morgan fingerprint density at radius 2 is 2.17 bits per heavy atom. The van der Waals surface area contributed by atoms with E-state index in [1.807, 2.05) is 18.2 Å². The number of nitrogens with zero attached hydrogens (tertiary/aromatic N) is 1. The largest absolute Gasteiger partial charge is 0.385 e. The lowest BCUT2D eigenvalue weighted by Gasteiger charge is -2.21. The highest BCUT2D eigenvalue weighted by molar-refractivity contribution is 6.20. The van der Waals surface area contributed by atoms with Gasteiger partial charge < -0.3 is 5.32 Å². The Morgan fingerprint density at radius 1 is 1.33 bits per heavy atom. The highest BCUT2D eigenvalue weighted by atomic mass is 16.2. The minimum atomic E-state index is -0.193. The van der Waals surface area contributed by atoms with E-state index in [0.717, 1.165) is 25.1 Å². The number of rotatable bonds is 1. The molecule has 4 nitrogen and oxygen atoms in total. The molecule has 1 unspecified atom stereocenters. The molecule has 1 N–H and O–H groups in total. The predicted molar refractivity (Wildman–Crippen MR) is 69.5 cm³/mol. The molecule has 1 saturated heterocycles. The van der Waals surface area contributed by atoms with Crippen LogP contribution in [-0.4, -0.2) is 18.4 Å². The van der Waals surface area contributed by atoms with E-state index >= 15 is 0 Å². The number of hydrogen-bond donors (Lipinski definition) is 1. The van der Waals surface area contributed by atoms with Crippen molar-refractivity contribution in [2.75, 3.05) is 16.8 Å². The molecule has 94 valence electrons. The Kier molecular flexibility index (Phi) is 2.58. The zero-order valence-corrected chi connectivity index (χ0v) is 10.4. The summed E-state index contributed by atoms with van der Waals surface area (Å²) in [6.07, 6.45) is 2.51. The van der Waals surface area contributed by atoms with Crippen molar-refractivity contribution in [1.82, 2.24) is 0 Å². The van der Waals surface area contributed by atoms with Gasteiger partial charge in [-0.3, -0.25) is 14.5 Å². The van der Waals surface area contributed by atoms with Crippen molar-refractivity contribution in [2.24, 2.45) is 5.92 Å². The molecule has 2 aliphatic rings. The number of aryl methyl sites for hydroxylation is 1. The van der Waals surface area contributed by atoms with Crippen molar-refractivity contribution in [3.05, 3.63) is 23.8 Å². The van der Waals surface area contributed by atoms with Crippen LogP contribution in [0.15, 0.2) is 18.2 Å². The summed E-state index contributed by atoms with van der Waals surface area (Å²) in [5, 5.41) is 3.32. The SMILES string of the molecule is CC1CC(=O)N(c2ccc3c(c2)NCCC3)C1=O. The Balaban J connectivity index is 1.97. The van der Waals surface area contributed by atoms with Gasteiger partial charge in [-0.15, -0.1) is 0 Å². The second-order valence-corrected chi connectivity index (χ2v) is 5.04. The quantitative estimate of drug-likeness (QED) is 0.768. The van der Waals surface area contributed by atoms with E-state index in [9.17, 15) is 9.59 Å². The summed E-state index contributed by atoms with van der Waals surface area (Å²) in [5.74, 6) is -0.375. The topological polar surface area (TPSA) is 49.4 Å². The fourth-order valence-corrected chi connectivity index (χ4v) is 2.64. The fourth-order valence-electron chi connectivity index (χ4n) is 2.64. The minimum Gasteiger partial charge on any atom is -0.385 e. The summed E-state index contributed by atoms with van der Waals surface area (Å²) >= 11 is 0. The third-order valence-corrected chi connectivity index (χ3v) is 3.66. The van der Waals surface area contributed by atoms with Crippen molar-refractivity contribution in [3.63, 3.8) is 0 Å². The third kappa shape index (κ3) is 1.68. The van der Waals surface area contributed by atoms with Crippen LogP contribution in [-0.2, 0) is 16.0 Å². The van der Waals surface area contributed by atoms with Crippen molar-refractivity contribution in [2.45, 2.75) is 26.2 Å². The van der Waals surface area contributed by atoms with E-state index in [2.05, 4.69) is 5.32 Å². The molecule has 0 aliphatic carbocycles. The molecule has 4 heteroatoms. The molecule has 1 aromatic carbocycles. The molecule has 0 bridgehead atoms. The second kappa shape index (κ2) is 4.12. The molecule has 18 heavy (non-hydrogen) atoms. The van der Waals surface area contributed by atoms with Gasteiger partial charge in [0, 0.05) is 24.6 Å². The molecule has 2 aliphatic heterocycles. The van der Waals surface area contributed by atoms with Gasteiger partial charge in [-0.05, 0) is 30.5 Å². The van der Waals surface area contributed by atoms with Gasteiger partial charge >= 0.3 is 0 Å². The van der Waals surface area contributed by atoms with Gasteiger partial charge in [-0.2, -0.15) is 0 Å². The highest BCUT2D eigenvalue weighted by Crippen LogP contribution is 2.31. The van der Waals surface area contributed by atoms with Crippen molar-refractivity contribution >= 4 is 23.2 Å². The molecule has 1 atom stereocenters. The maximum Gasteiger partial charge on any atom is 0.237 e. The lowest BCUT2D eigenvalue weighted by atomic mass is 10.0. The van der Waals surface area contributed by atoms with Crippen molar-refractivity contribution < 1.29 is 9.59 Å². The summed E-state index contributed by atoms with van der Waals surface area (Å²) in [4.78, 5) is 25.1. The number of amides is 2. The Hall–Kier alpha value is -1.84. The van der Waals surface area contributed by atoms with Crippen LogP contribution >= 0.6 is 0 Å². The molecule has 2 heterocycles. The highest BCUT2D eigenvalue weighted by Gasteiger charge is 2.36. The summed E-state index contributed by atoms with van der Waals surface area (Å²) in [6, 6.07) is 5.81. The van der Waals surface area contributed by atoms with Crippen LogP contribution < -0.4 is 10.2 Å². The summed E-state index contributed by atoms with van der Waals surface area (Å²) in [7, 11) is 0. The smallest absolute Gasteiger partial charge is 0.237 e. The number of benzene rings is 1. The predicted octanol–water partition coefficient (Wildman–Crippen LogP) is 1.94. The fraction of sp³-hybridized carbons (Fsp3) is 0.429. The van der Waals surface area contributed by atoms with Gasteiger partial charge in [0.2, 0.25) is 11.8 Å². The Bertz CT molecular complexity index is 525. The molecule has 0 saturated carbocycles. The lowest BCUT2D eigenvalue weighted by molar-refractivity contribution is -0.122. The molecular formula is C14H16N2O2. The summed E-state index contributed by atoms with van der Waals surface area (Å²) < 4.78 is 0. The first-order valence-corrected chi connectivity index (χ1v) is 6.40. The molecular weight excluding hydrogens is 228 g/mol. The first-order chi connectivity index (χ1) is 8.66. The van der Waals surface area contributed by atoms with E-state index in [-0.39, 0.29) is 17.7 Å². The Labute approximate surface area is 106 Å². The van der Waals surface area contributed by atoms with Crippen LogP contribution in [0, 0.1) is 5.92 Å². The number of imide groups is 1. The normalized spacial score (nSPS) is 22.9. The number of hydrogen-bond acceptors (Lipinski definition) is 3. The third-order valence-electron chi connectivity index (χ3n) is 3.66. The average Bonchev–Trinajstić information content (AvgIpc) is 2.63. The number of carbonyl (C=O) groups excluding carboxylic acids is 2. The zero-order valence-electron chi connectivity index (χ0n) is 10.4. The van der Waals surface area contributed by atoms with Crippen LogP contribution in [0.1, 0.15) is 25.3 Å². The summed E-state index contributed by atoms with van der Waals surface area (Å²) in [6.45, 7) is 2.76. The molecule has 2 amide bonds. The van der Waals surface area contributed by atoms with E-state index < -0.39 is 0 Å². The monoisotopic (exact) mass is 244 g/mol. The minimum absolute atomic E-state index is 0.0873. The Morgan fingerprint density at radius 3 is 2.89 bits per heavy atom. The first-order valence-electron chi connectivity index (χ1n) is 6.40. The average molecular weight is 244 g/mol. The molecule has 0 aromatic heterocycles. The molecule has 0 spiro atoms. The maximum absolute atomic E-state index is 12.0. The maximum atomic E-state index is 12.0. The van der Waals surface area contributed by atoms with Crippen LogP contribution in [0.4, 0.5) is 11.4 Å². The van der Waals surface area contributed by atoms with E-state index in [4.69, 9.17) is 0 Å². The number of carbonyl (C=O) groups is 2.